The smallest absolute Gasteiger partial charge is 0.407 e. The second-order valence-corrected chi connectivity index (χ2v) is 13.7. The Morgan fingerprint density at radius 1 is 0.508 bits per heavy atom. The molecule has 0 fully saturated rings. The van der Waals surface area contributed by atoms with E-state index >= 15 is 0 Å². The number of pyridine rings is 2. The summed E-state index contributed by atoms with van der Waals surface area (Å²) in [6.07, 6.45) is 6.01. The second-order valence-electron chi connectivity index (χ2n) is 12.6. The van der Waals surface area contributed by atoms with E-state index in [2.05, 4.69) is 91.6 Å². The molecule has 3 rings (SSSR count). The molecule has 0 radical (unpaired) electrons. The minimum Gasteiger partial charge on any atom is -0.464 e. The monoisotopic (exact) mass is 840 g/mol. The van der Waals surface area contributed by atoms with E-state index in [-0.39, 0.29) is 26.3 Å². The molecule has 2 amide bonds. The summed E-state index contributed by atoms with van der Waals surface area (Å²) >= 11 is 1.46. The van der Waals surface area contributed by atoms with Crippen LogP contribution in [0.1, 0.15) is 111 Å². The van der Waals surface area contributed by atoms with Crippen molar-refractivity contribution >= 4 is 35.5 Å². The zero-order chi connectivity index (χ0) is 43.6. The van der Waals surface area contributed by atoms with Crippen molar-refractivity contribution in [3.05, 3.63) is 81.1 Å². The molecule has 0 spiro atoms. The van der Waals surface area contributed by atoms with Crippen LogP contribution in [0.2, 0.25) is 0 Å². The number of unbranched alkanes of at least 4 members (excludes halogenated alkanes) is 6. The fourth-order valence-corrected chi connectivity index (χ4v) is 5.10. The van der Waals surface area contributed by atoms with Crippen molar-refractivity contribution in [2.75, 3.05) is 39.5 Å². The number of amides is 2. The number of hydrogen-bond donors (Lipinski definition) is 2. The number of carbonyl (C=O) groups is 4. The van der Waals surface area contributed by atoms with Crippen LogP contribution < -0.4 is 10.6 Å². The standard InChI is InChI=1S/C48H48N4O8S/c1-3-5-33-57-45(53)37-49-47(55)59-35-17-13-9-7-11-15-21-39-23-19-25-41(51-39)27-29-43-31-32-44(61-43)30-28-42-26-20-24-40(52-42)22-16-12-8-10-14-18-36-60-48(56)50-38-46(54)58-34-6-4-2/h19-20,23-26,31-32H,3-6,9-10,13-14,17-18,33-38H2,1-2H3,(H,49,55)(H,50,56). The molecule has 13 heteroatoms. The van der Waals surface area contributed by atoms with E-state index in [9.17, 15) is 19.2 Å². The molecule has 3 aromatic rings. The van der Waals surface area contributed by atoms with Gasteiger partial charge in [-0.2, -0.15) is 0 Å². The first-order valence-electron chi connectivity index (χ1n) is 20.0. The highest BCUT2D eigenvalue weighted by Gasteiger charge is 2.08. The summed E-state index contributed by atoms with van der Waals surface area (Å²) in [6, 6.07) is 14.7. The van der Waals surface area contributed by atoms with Crippen molar-refractivity contribution < 1.29 is 38.1 Å². The van der Waals surface area contributed by atoms with E-state index in [1.807, 2.05) is 50.2 Å². The summed E-state index contributed by atoms with van der Waals surface area (Å²) in [7, 11) is 0. The summed E-state index contributed by atoms with van der Waals surface area (Å²) in [4.78, 5) is 57.0. The topological polar surface area (TPSA) is 155 Å². The van der Waals surface area contributed by atoms with Gasteiger partial charge in [-0.25, -0.2) is 19.6 Å². The average molecular weight is 841 g/mol. The highest BCUT2D eigenvalue weighted by Crippen LogP contribution is 2.14. The van der Waals surface area contributed by atoms with Gasteiger partial charge in [0.2, 0.25) is 0 Å². The maximum atomic E-state index is 11.7. The second kappa shape index (κ2) is 30.9. The van der Waals surface area contributed by atoms with Crippen molar-refractivity contribution in [1.29, 1.82) is 0 Å². The van der Waals surface area contributed by atoms with Crippen LogP contribution in [0.4, 0.5) is 9.59 Å². The molecule has 0 saturated carbocycles. The van der Waals surface area contributed by atoms with Gasteiger partial charge in [-0.1, -0.05) is 50.7 Å². The Balaban J connectivity index is 1.35. The Morgan fingerprint density at radius 2 is 0.918 bits per heavy atom. The zero-order valence-electron chi connectivity index (χ0n) is 34.5. The third-order valence-electron chi connectivity index (χ3n) is 7.55. The number of ether oxygens (including phenoxy) is 4. The van der Waals surface area contributed by atoms with Crippen LogP contribution >= 0.6 is 11.3 Å². The van der Waals surface area contributed by atoms with Gasteiger partial charge < -0.3 is 29.6 Å². The Hall–Kier alpha value is -7.16. The van der Waals surface area contributed by atoms with Crippen molar-refractivity contribution in [2.24, 2.45) is 0 Å². The molecule has 0 unspecified atom stereocenters. The van der Waals surface area contributed by atoms with E-state index in [0.29, 0.717) is 61.7 Å². The van der Waals surface area contributed by atoms with Gasteiger partial charge >= 0.3 is 24.1 Å². The zero-order valence-corrected chi connectivity index (χ0v) is 35.3. The molecule has 0 aromatic carbocycles. The van der Waals surface area contributed by atoms with Crippen LogP contribution in [0.3, 0.4) is 0 Å². The van der Waals surface area contributed by atoms with Gasteiger partial charge in [0, 0.05) is 12.8 Å². The summed E-state index contributed by atoms with van der Waals surface area (Å²) < 4.78 is 20.0. The first-order chi connectivity index (χ1) is 29.8. The fourth-order valence-electron chi connectivity index (χ4n) is 4.39. The largest absolute Gasteiger partial charge is 0.464 e. The van der Waals surface area contributed by atoms with Crippen LogP contribution in [0, 0.1) is 71.0 Å². The minimum atomic E-state index is -0.655. The minimum absolute atomic E-state index is 0.215. The summed E-state index contributed by atoms with van der Waals surface area (Å²) in [5.41, 5.74) is 2.27. The summed E-state index contributed by atoms with van der Waals surface area (Å²) in [5, 5.41) is 4.75. The normalized spacial score (nSPS) is 9.34. The average Bonchev–Trinajstić information content (AvgIpc) is 3.73. The molecule has 0 aliphatic carbocycles. The fraction of sp³-hybridized carbons (Fsp3) is 0.375. The Bertz CT molecular complexity index is 2140. The van der Waals surface area contributed by atoms with E-state index in [1.165, 1.54) is 11.3 Å². The van der Waals surface area contributed by atoms with Gasteiger partial charge in [0.05, 0.1) is 36.2 Å². The lowest BCUT2D eigenvalue weighted by Gasteiger charge is -2.06. The quantitative estimate of drug-likeness (QED) is 0.0626. The first kappa shape index (κ1) is 48.2. The number of rotatable bonds is 18. The molecule has 3 aromatic heterocycles. The highest BCUT2D eigenvalue weighted by atomic mass is 32.1. The van der Waals surface area contributed by atoms with Crippen LogP contribution in [0.5, 0.6) is 0 Å². The number of nitrogens with zero attached hydrogens (tertiary/aromatic N) is 2. The van der Waals surface area contributed by atoms with Crippen molar-refractivity contribution in [1.82, 2.24) is 20.6 Å². The van der Waals surface area contributed by atoms with Gasteiger partial charge in [0.15, 0.2) is 0 Å². The van der Waals surface area contributed by atoms with Gasteiger partial charge in [-0.05, 0) is 134 Å². The number of hydrogen-bond acceptors (Lipinski definition) is 11. The maximum Gasteiger partial charge on any atom is 0.407 e. The SMILES string of the molecule is CCCCOC(=O)CNC(=O)OCCCCC#CC#Cc1cccc(C#Cc2ccc(C#Cc3cccc(C#CC#CCCCCOC(=O)NCC(=O)OCCCC)n3)s2)n1. The molecule has 12 nitrogen and oxygen atoms in total. The molecule has 0 bridgehead atoms. The van der Waals surface area contributed by atoms with Gasteiger partial charge in [-0.15, -0.1) is 11.3 Å². The van der Waals surface area contributed by atoms with Crippen molar-refractivity contribution in [3.63, 3.8) is 0 Å². The van der Waals surface area contributed by atoms with Gasteiger partial charge in [0.1, 0.15) is 35.9 Å². The third-order valence-corrected chi connectivity index (χ3v) is 8.47. The van der Waals surface area contributed by atoms with Crippen LogP contribution in [-0.2, 0) is 28.5 Å². The summed E-state index contributed by atoms with van der Waals surface area (Å²) in [6.45, 7) is 4.69. The summed E-state index contributed by atoms with van der Waals surface area (Å²) in [5.74, 6) is 34.6. The maximum absolute atomic E-state index is 11.7. The van der Waals surface area contributed by atoms with Crippen LogP contribution in [0.15, 0.2) is 48.5 Å². The van der Waals surface area contributed by atoms with E-state index < -0.39 is 24.1 Å². The molecule has 314 valence electrons. The van der Waals surface area contributed by atoms with Gasteiger partial charge in [0.25, 0.3) is 0 Å². The molecular weight excluding hydrogens is 793 g/mol. The molecule has 0 saturated heterocycles. The molecule has 3 heterocycles. The number of alkyl carbamates (subject to hydrolysis) is 2. The van der Waals surface area contributed by atoms with Crippen molar-refractivity contribution in [2.45, 2.75) is 78.1 Å². The lowest BCUT2D eigenvalue weighted by Crippen LogP contribution is -2.31. The molecule has 0 aliphatic rings. The Morgan fingerprint density at radius 3 is 1.34 bits per heavy atom. The lowest BCUT2D eigenvalue weighted by atomic mass is 10.2. The highest BCUT2D eigenvalue weighted by molar-refractivity contribution is 7.13. The molecule has 0 aliphatic heterocycles. The van der Waals surface area contributed by atoms with Crippen LogP contribution in [-0.4, -0.2) is 73.6 Å². The van der Waals surface area contributed by atoms with E-state index in [1.54, 1.807) is 12.1 Å². The lowest BCUT2D eigenvalue weighted by molar-refractivity contribution is -0.143. The third kappa shape index (κ3) is 23.7. The predicted octanol–water partition coefficient (Wildman–Crippen LogP) is 6.53. The first-order valence-corrected chi connectivity index (χ1v) is 20.8. The number of carbonyl (C=O) groups excluding carboxylic acids is 4. The number of nitrogens with one attached hydrogen (secondary N) is 2. The molecule has 0 atom stereocenters. The molecule has 61 heavy (non-hydrogen) atoms. The number of aromatic nitrogens is 2. The number of esters is 2. The van der Waals surface area contributed by atoms with E-state index in [4.69, 9.17) is 18.9 Å². The van der Waals surface area contributed by atoms with Crippen molar-refractivity contribution in [3.8, 4) is 71.0 Å². The Labute approximate surface area is 362 Å². The number of thiophene rings is 1. The molecule has 2 N–H and O–H groups in total. The van der Waals surface area contributed by atoms with E-state index in [0.717, 1.165) is 48.3 Å². The van der Waals surface area contributed by atoms with Gasteiger partial charge in [-0.3, -0.25) is 9.59 Å². The molecular formula is C48H48N4O8S. The Kier molecular flexibility index (Phi) is 24.4. The predicted molar refractivity (Wildman–Crippen MR) is 232 cm³/mol. The van der Waals surface area contributed by atoms with Crippen LogP contribution in [0.25, 0.3) is 0 Å².